The van der Waals surface area contributed by atoms with E-state index in [1.165, 1.54) is 23.1 Å². The second-order valence-electron chi connectivity index (χ2n) is 8.48. The highest BCUT2D eigenvalue weighted by Gasteiger charge is 2.32. The highest BCUT2D eigenvalue weighted by molar-refractivity contribution is 9.10. The first-order chi connectivity index (χ1) is 17.5. The van der Waals surface area contributed by atoms with Crippen LogP contribution in [-0.4, -0.2) is 44.3 Å². The molecule has 196 valence electrons. The third kappa shape index (κ3) is 7.12. The van der Waals surface area contributed by atoms with E-state index in [-0.39, 0.29) is 23.0 Å². The van der Waals surface area contributed by atoms with Crippen LogP contribution < -0.4 is 9.62 Å². The monoisotopic (exact) mass is 605 g/mol. The summed E-state index contributed by atoms with van der Waals surface area (Å²) in [6, 6.07) is 19.3. The molecule has 1 atom stereocenters. The van der Waals surface area contributed by atoms with Crippen molar-refractivity contribution in [3.63, 3.8) is 0 Å². The molecule has 0 aliphatic rings. The van der Waals surface area contributed by atoms with Gasteiger partial charge in [-0.15, -0.1) is 0 Å². The van der Waals surface area contributed by atoms with Crippen LogP contribution in [0, 0.1) is 6.92 Å². The molecule has 0 spiro atoms. The highest BCUT2D eigenvalue weighted by atomic mass is 79.9. The van der Waals surface area contributed by atoms with E-state index < -0.39 is 28.5 Å². The Morgan fingerprint density at radius 2 is 1.68 bits per heavy atom. The Balaban J connectivity index is 2.03. The van der Waals surface area contributed by atoms with E-state index in [1.807, 2.05) is 24.3 Å². The van der Waals surface area contributed by atoms with E-state index >= 15 is 0 Å². The van der Waals surface area contributed by atoms with Crippen molar-refractivity contribution >= 4 is 55.1 Å². The van der Waals surface area contributed by atoms with Crippen LogP contribution >= 0.6 is 27.5 Å². The van der Waals surface area contributed by atoms with Gasteiger partial charge in [0.1, 0.15) is 12.6 Å². The fourth-order valence-electron chi connectivity index (χ4n) is 3.68. The van der Waals surface area contributed by atoms with E-state index in [9.17, 15) is 18.0 Å². The van der Waals surface area contributed by atoms with Crippen LogP contribution in [-0.2, 0) is 26.2 Å². The lowest BCUT2D eigenvalue weighted by Gasteiger charge is -2.32. The zero-order chi connectivity index (χ0) is 27.2. The molecule has 37 heavy (non-hydrogen) atoms. The molecule has 0 aromatic heterocycles. The van der Waals surface area contributed by atoms with Crippen LogP contribution in [0.2, 0.25) is 5.02 Å². The van der Waals surface area contributed by atoms with E-state index in [4.69, 9.17) is 11.6 Å². The minimum Gasteiger partial charge on any atom is -0.355 e. The van der Waals surface area contributed by atoms with E-state index in [0.717, 1.165) is 19.9 Å². The molecule has 7 nitrogen and oxygen atoms in total. The number of carbonyl (C=O) groups is 2. The number of amides is 2. The van der Waals surface area contributed by atoms with Gasteiger partial charge in [-0.2, -0.15) is 0 Å². The lowest BCUT2D eigenvalue weighted by atomic mass is 10.1. The number of sulfonamides is 1. The molecular formula is C27H29BrClN3O4S. The number of carbonyl (C=O) groups excluding carboxylic acids is 2. The minimum atomic E-state index is -4.13. The molecule has 0 aliphatic heterocycles. The first kappa shape index (κ1) is 28.7. The molecule has 3 rings (SSSR count). The van der Waals surface area contributed by atoms with Gasteiger partial charge in [-0.1, -0.05) is 63.9 Å². The summed E-state index contributed by atoms with van der Waals surface area (Å²) in [5, 5.41) is 3.12. The number of rotatable bonds is 10. The molecule has 1 N–H and O–H groups in total. The number of aryl methyl sites for hydroxylation is 1. The molecule has 10 heteroatoms. The Hall–Kier alpha value is -2.88. The van der Waals surface area contributed by atoms with Crippen LogP contribution in [0.5, 0.6) is 0 Å². The van der Waals surface area contributed by atoms with Crippen LogP contribution in [0.25, 0.3) is 0 Å². The van der Waals surface area contributed by atoms with Gasteiger partial charge in [0, 0.05) is 22.6 Å². The van der Waals surface area contributed by atoms with Gasteiger partial charge in [0.15, 0.2) is 0 Å². The largest absolute Gasteiger partial charge is 0.355 e. The SMILES string of the molecule is CCNC(=O)[C@H](C)N(Cc1ccc(Br)cc1)C(=O)CN(c1ccc(C)c(Cl)c1)S(=O)(=O)c1ccccc1. The highest BCUT2D eigenvalue weighted by Crippen LogP contribution is 2.28. The fraction of sp³-hybridized carbons (Fsp3) is 0.259. The molecule has 0 saturated heterocycles. The van der Waals surface area contributed by atoms with Crippen LogP contribution in [0.1, 0.15) is 25.0 Å². The molecule has 3 aromatic rings. The Morgan fingerprint density at radius 1 is 1.03 bits per heavy atom. The number of nitrogens with one attached hydrogen (secondary N) is 1. The summed E-state index contributed by atoms with van der Waals surface area (Å²) >= 11 is 9.72. The first-order valence-electron chi connectivity index (χ1n) is 11.7. The summed E-state index contributed by atoms with van der Waals surface area (Å²) in [6.07, 6.45) is 0. The smallest absolute Gasteiger partial charge is 0.264 e. The van der Waals surface area contributed by atoms with Gasteiger partial charge < -0.3 is 10.2 Å². The number of halogens is 2. The lowest BCUT2D eigenvalue weighted by molar-refractivity contribution is -0.139. The summed E-state index contributed by atoms with van der Waals surface area (Å²) in [5.74, 6) is -0.860. The third-order valence-corrected chi connectivity index (χ3v) is 8.56. The standard InChI is InChI=1S/C27H29BrClN3O4S/c1-4-30-27(34)20(3)31(17-21-11-13-22(28)14-12-21)26(33)18-32(23-15-10-19(2)25(29)16-23)37(35,36)24-8-6-5-7-9-24/h5-16,20H,4,17-18H2,1-3H3,(H,30,34)/t20-/m0/s1. The normalized spacial score (nSPS) is 12.0. The van der Waals surface area contributed by atoms with Gasteiger partial charge in [-0.3, -0.25) is 13.9 Å². The number of hydrogen-bond acceptors (Lipinski definition) is 4. The van der Waals surface area contributed by atoms with Gasteiger partial charge in [-0.05, 0) is 68.3 Å². The Morgan fingerprint density at radius 3 is 2.27 bits per heavy atom. The Kier molecular flexibility index (Phi) is 9.75. The van der Waals surface area contributed by atoms with Crippen molar-refractivity contribution in [1.29, 1.82) is 0 Å². The van der Waals surface area contributed by atoms with Crippen molar-refractivity contribution in [2.24, 2.45) is 0 Å². The number of anilines is 1. The summed E-state index contributed by atoms with van der Waals surface area (Å²) in [5.41, 5.74) is 1.82. The van der Waals surface area contributed by atoms with Crippen molar-refractivity contribution < 1.29 is 18.0 Å². The van der Waals surface area contributed by atoms with Crippen LogP contribution in [0.4, 0.5) is 5.69 Å². The quantitative estimate of drug-likeness (QED) is 0.346. The molecule has 2 amide bonds. The maximum Gasteiger partial charge on any atom is 0.264 e. The maximum atomic E-state index is 13.8. The van der Waals surface area contributed by atoms with Crippen molar-refractivity contribution in [3.8, 4) is 0 Å². The van der Waals surface area contributed by atoms with Gasteiger partial charge >= 0.3 is 0 Å². The lowest BCUT2D eigenvalue weighted by Crippen LogP contribution is -2.51. The van der Waals surface area contributed by atoms with E-state index in [1.54, 1.807) is 51.1 Å². The van der Waals surface area contributed by atoms with Gasteiger partial charge in [0.2, 0.25) is 11.8 Å². The number of hydrogen-bond donors (Lipinski definition) is 1. The average Bonchev–Trinajstić information content (AvgIpc) is 2.88. The Labute approximate surface area is 231 Å². The maximum absolute atomic E-state index is 13.8. The van der Waals surface area contributed by atoms with Gasteiger partial charge in [-0.25, -0.2) is 8.42 Å². The van der Waals surface area contributed by atoms with Gasteiger partial charge in [0.25, 0.3) is 10.0 Å². The van der Waals surface area contributed by atoms with Crippen molar-refractivity contribution in [3.05, 3.63) is 93.4 Å². The topological polar surface area (TPSA) is 86.8 Å². The second kappa shape index (κ2) is 12.6. The minimum absolute atomic E-state index is 0.0377. The third-order valence-electron chi connectivity index (χ3n) is 5.84. The van der Waals surface area contributed by atoms with Crippen LogP contribution in [0.15, 0.2) is 82.2 Å². The fourth-order valence-corrected chi connectivity index (χ4v) is 5.54. The number of nitrogens with zero attached hydrogens (tertiary/aromatic N) is 2. The van der Waals surface area contributed by atoms with Crippen molar-refractivity contribution in [2.75, 3.05) is 17.4 Å². The molecule has 0 saturated carbocycles. The molecule has 0 bridgehead atoms. The molecule has 0 aliphatic carbocycles. The van der Waals surface area contributed by atoms with E-state index in [0.29, 0.717) is 11.6 Å². The zero-order valence-electron chi connectivity index (χ0n) is 20.8. The predicted molar refractivity (Wildman–Crippen MR) is 150 cm³/mol. The zero-order valence-corrected chi connectivity index (χ0v) is 24.0. The van der Waals surface area contributed by atoms with Gasteiger partial charge in [0.05, 0.1) is 10.6 Å². The molecule has 0 fully saturated rings. The molecule has 0 unspecified atom stereocenters. The van der Waals surface area contributed by atoms with Crippen LogP contribution in [0.3, 0.4) is 0 Å². The first-order valence-corrected chi connectivity index (χ1v) is 14.3. The second-order valence-corrected chi connectivity index (χ2v) is 11.7. The predicted octanol–water partition coefficient (Wildman–Crippen LogP) is 5.16. The summed E-state index contributed by atoms with van der Waals surface area (Å²) in [7, 11) is -4.13. The van der Waals surface area contributed by atoms with Crippen molar-refractivity contribution in [2.45, 2.75) is 38.3 Å². The summed E-state index contributed by atoms with van der Waals surface area (Å²) in [6.45, 7) is 5.23. The average molecular weight is 607 g/mol. The Bertz CT molecular complexity index is 1350. The number of likely N-dealkylation sites (N-methyl/N-ethyl adjacent to an activating group) is 1. The summed E-state index contributed by atoms with van der Waals surface area (Å²) < 4.78 is 29.3. The summed E-state index contributed by atoms with van der Waals surface area (Å²) in [4.78, 5) is 27.9. The number of benzene rings is 3. The molecule has 0 heterocycles. The molecular weight excluding hydrogens is 578 g/mol. The molecule has 3 aromatic carbocycles. The molecule has 0 radical (unpaired) electrons. The van der Waals surface area contributed by atoms with Crippen molar-refractivity contribution in [1.82, 2.24) is 10.2 Å². The van der Waals surface area contributed by atoms with E-state index in [2.05, 4.69) is 21.2 Å².